The van der Waals surface area contributed by atoms with Gasteiger partial charge in [0.15, 0.2) is 12.4 Å². The van der Waals surface area contributed by atoms with Crippen molar-refractivity contribution in [3.63, 3.8) is 0 Å². The molecule has 0 aromatic heterocycles. The lowest BCUT2D eigenvalue weighted by molar-refractivity contribution is -0.384. The molecule has 37 heavy (non-hydrogen) atoms. The van der Waals surface area contributed by atoms with Gasteiger partial charge in [0.2, 0.25) is 5.79 Å². The Balaban J connectivity index is 2.37. The van der Waals surface area contributed by atoms with Crippen LogP contribution in [-0.2, 0) is 42.9 Å². The number of hydrogen-bond acceptors (Lipinski definition) is 15. The van der Waals surface area contributed by atoms with E-state index < -0.39 is 124 Å². The van der Waals surface area contributed by atoms with Crippen LogP contribution in [-0.4, -0.2) is 139 Å². The molecule has 0 aliphatic carbocycles. The van der Waals surface area contributed by atoms with Gasteiger partial charge in [0, 0.05) is 0 Å². The molecule has 17 nitrogen and oxygen atoms in total. The summed E-state index contributed by atoms with van der Waals surface area (Å²) in [4.78, 5) is 45.8. The van der Waals surface area contributed by atoms with Crippen molar-refractivity contribution in [2.75, 3.05) is 19.8 Å². The zero-order valence-electron chi connectivity index (χ0n) is 19.3. The van der Waals surface area contributed by atoms with E-state index in [1.807, 2.05) is 0 Å². The third-order valence-corrected chi connectivity index (χ3v) is 5.60. The van der Waals surface area contributed by atoms with Crippen molar-refractivity contribution in [2.45, 2.75) is 80.5 Å². The Bertz CT molecular complexity index is 817. The number of carbonyl (C=O) groups is 4. The van der Waals surface area contributed by atoms with Crippen LogP contribution in [0.15, 0.2) is 0 Å². The number of carboxylic acid groups (broad SMARTS) is 2. The van der Waals surface area contributed by atoms with Gasteiger partial charge in [-0.05, 0) is 0 Å². The number of hydrogen-bond donors (Lipinski definition) is 8. The molecular formula is C20H30O17. The molecule has 0 radical (unpaired) electrons. The van der Waals surface area contributed by atoms with Crippen LogP contribution in [0.1, 0.15) is 25.7 Å². The van der Waals surface area contributed by atoms with Crippen LogP contribution in [0.4, 0.5) is 0 Å². The maximum atomic E-state index is 12.3. The molecule has 0 spiro atoms. The average Bonchev–Trinajstić information content (AvgIpc) is 3.11. The fourth-order valence-electron chi connectivity index (χ4n) is 3.63. The number of carboxylic acids is 2. The lowest BCUT2D eigenvalue weighted by Gasteiger charge is -2.43. The summed E-state index contributed by atoms with van der Waals surface area (Å²) in [5.74, 6) is -7.49. The van der Waals surface area contributed by atoms with Crippen LogP contribution in [0.3, 0.4) is 0 Å². The fourth-order valence-corrected chi connectivity index (χ4v) is 3.63. The lowest BCUT2D eigenvalue weighted by Crippen LogP contribution is -2.63. The van der Waals surface area contributed by atoms with Gasteiger partial charge < -0.3 is 64.5 Å². The molecule has 2 fully saturated rings. The summed E-state index contributed by atoms with van der Waals surface area (Å²) in [7, 11) is 0. The third-order valence-electron chi connectivity index (χ3n) is 5.60. The quantitative estimate of drug-likeness (QED) is 0.102. The Hall–Kier alpha value is -2.48. The van der Waals surface area contributed by atoms with E-state index in [4.69, 9.17) is 33.9 Å². The molecule has 212 valence electrons. The Kier molecular flexibility index (Phi) is 11.1. The SMILES string of the molecule is O=C(O)CCC(=O)OC[C@@]1(O[C@H]2O[C@H](CO)[C@@H](O)[C@H](O)[C@H]2O)O[C@H](CO)[C@@H](O)[C@@H]1OC(=O)CCC(=O)O. The number of ether oxygens (including phenoxy) is 5. The highest BCUT2D eigenvalue weighted by Gasteiger charge is 2.61. The number of carbonyl (C=O) groups excluding carboxylic acids is 2. The molecule has 0 amide bonds. The standard InChI is InChI=1S/C20H30O17/c21-5-8-14(29)16(31)17(32)19(34-8)37-20(7-33-12(27)3-1-10(23)24)18(15(30)9(6-22)36-20)35-13(28)4-2-11(25)26/h8-9,14-19,21-22,29-32H,1-7H2,(H,23,24)(H,25,26)/t8-,9-,14-,15-,16+,17-,18+,19-,20+/m1/s1. The van der Waals surface area contributed by atoms with E-state index in [2.05, 4.69) is 0 Å². The summed E-state index contributed by atoms with van der Waals surface area (Å²) < 4.78 is 26.4. The molecule has 0 saturated carbocycles. The highest BCUT2D eigenvalue weighted by Crippen LogP contribution is 2.38. The molecule has 2 heterocycles. The van der Waals surface area contributed by atoms with Gasteiger partial charge in [-0.3, -0.25) is 19.2 Å². The van der Waals surface area contributed by atoms with E-state index in [9.17, 15) is 49.8 Å². The zero-order valence-corrected chi connectivity index (χ0v) is 19.3. The number of aliphatic hydroxyl groups excluding tert-OH is 6. The molecule has 17 heteroatoms. The summed E-state index contributed by atoms with van der Waals surface area (Å²) >= 11 is 0. The number of aliphatic hydroxyl groups is 6. The lowest BCUT2D eigenvalue weighted by atomic mass is 9.99. The Labute approximate surface area is 208 Å². The van der Waals surface area contributed by atoms with E-state index in [-0.39, 0.29) is 0 Å². The topological polar surface area (TPSA) is 276 Å². The van der Waals surface area contributed by atoms with Gasteiger partial charge in [0.05, 0.1) is 38.9 Å². The van der Waals surface area contributed by atoms with Crippen LogP contribution in [0.5, 0.6) is 0 Å². The van der Waals surface area contributed by atoms with Crippen molar-refractivity contribution in [3.05, 3.63) is 0 Å². The number of rotatable bonds is 13. The summed E-state index contributed by atoms with van der Waals surface area (Å²) in [6.07, 6.45) is -17.0. The van der Waals surface area contributed by atoms with Crippen LogP contribution in [0, 0.1) is 0 Å². The summed E-state index contributed by atoms with van der Waals surface area (Å²) in [6.45, 7) is -2.78. The maximum Gasteiger partial charge on any atom is 0.306 e. The number of aliphatic carboxylic acids is 2. The first-order chi connectivity index (χ1) is 17.3. The highest BCUT2D eigenvalue weighted by atomic mass is 16.8. The van der Waals surface area contributed by atoms with Crippen molar-refractivity contribution in [3.8, 4) is 0 Å². The van der Waals surface area contributed by atoms with Gasteiger partial charge in [0.1, 0.15) is 43.2 Å². The second-order valence-corrected chi connectivity index (χ2v) is 8.32. The summed E-state index contributed by atoms with van der Waals surface area (Å²) in [5.41, 5.74) is 0. The van der Waals surface area contributed by atoms with Gasteiger partial charge >= 0.3 is 23.9 Å². The Morgan fingerprint density at radius 1 is 0.730 bits per heavy atom. The smallest absolute Gasteiger partial charge is 0.306 e. The largest absolute Gasteiger partial charge is 0.481 e. The van der Waals surface area contributed by atoms with Crippen molar-refractivity contribution in [2.24, 2.45) is 0 Å². The third kappa shape index (κ3) is 7.76. The minimum Gasteiger partial charge on any atom is -0.481 e. The molecule has 2 rings (SSSR count). The van der Waals surface area contributed by atoms with Crippen molar-refractivity contribution >= 4 is 23.9 Å². The predicted molar refractivity (Wildman–Crippen MR) is 110 cm³/mol. The van der Waals surface area contributed by atoms with Crippen LogP contribution >= 0.6 is 0 Å². The molecule has 0 bridgehead atoms. The van der Waals surface area contributed by atoms with Crippen molar-refractivity contribution in [1.29, 1.82) is 0 Å². The zero-order chi connectivity index (χ0) is 27.9. The van der Waals surface area contributed by atoms with E-state index in [1.54, 1.807) is 0 Å². The first kappa shape index (κ1) is 30.7. The molecule has 8 N–H and O–H groups in total. The highest BCUT2D eigenvalue weighted by molar-refractivity contribution is 5.77. The maximum absolute atomic E-state index is 12.3. The molecule has 0 aromatic carbocycles. The van der Waals surface area contributed by atoms with Crippen LogP contribution < -0.4 is 0 Å². The second kappa shape index (κ2) is 13.4. The van der Waals surface area contributed by atoms with E-state index >= 15 is 0 Å². The summed E-state index contributed by atoms with van der Waals surface area (Å²) in [5, 5.41) is 77.6. The van der Waals surface area contributed by atoms with Crippen molar-refractivity contribution < 1.29 is 83.7 Å². The fraction of sp³-hybridized carbons (Fsp3) is 0.800. The molecule has 2 saturated heterocycles. The van der Waals surface area contributed by atoms with E-state index in [0.29, 0.717) is 0 Å². The van der Waals surface area contributed by atoms with Gasteiger partial charge in [-0.15, -0.1) is 0 Å². The van der Waals surface area contributed by atoms with Crippen LogP contribution in [0.2, 0.25) is 0 Å². The molecule has 0 unspecified atom stereocenters. The minimum absolute atomic E-state index is 0.611. The van der Waals surface area contributed by atoms with Gasteiger partial charge in [0.25, 0.3) is 0 Å². The summed E-state index contributed by atoms with van der Waals surface area (Å²) in [6, 6.07) is 0. The first-order valence-corrected chi connectivity index (χ1v) is 11.1. The van der Waals surface area contributed by atoms with Gasteiger partial charge in [-0.2, -0.15) is 0 Å². The second-order valence-electron chi connectivity index (χ2n) is 8.32. The molecule has 2 aliphatic rings. The van der Waals surface area contributed by atoms with Crippen molar-refractivity contribution in [1.82, 2.24) is 0 Å². The molecular weight excluding hydrogens is 512 g/mol. The molecule has 0 aromatic rings. The average molecular weight is 542 g/mol. The van der Waals surface area contributed by atoms with Gasteiger partial charge in [-0.25, -0.2) is 0 Å². The first-order valence-electron chi connectivity index (χ1n) is 11.1. The molecule has 2 aliphatic heterocycles. The Morgan fingerprint density at radius 2 is 1.30 bits per heavy atom. The number of esters is 2. The molecule has 9 atom stereocenters. The van der Waals surface area contributed by atoms with E-state index in [1.165, 1.54) is 0 Å². The van der Waals surface area contributed by atoms with E-state index in [0.717, 1.165) is 0 Å². The van der Waals surface area contributed by atoms with Gasteiger partial charge in [-0.1, -0.05) is 0 Å². The Morgan fingerprint density at radius 3 is 1.84 bits per heavy atom. The monoisotopic (exact) mass is 542 g/mol. The normalized spacial score (nSPS) is 35.6. The predicted octanol–water partition coefficient (Wildman–Crippen LogP) is -4.56. The minimum atomic E-state index is -2.56. The van der Waals surface area contributed by atoms with Crippen LogP contribution in [0.25, 0.3) is 0 Å².